The lowest BCUT2D eigenvalue weighted by molar-refractivity contribution is -0.199. The van der Waals surface area contributed by atoms with Crippen molar-refractivity contribution in [2.75, 3.05) is 18.1 Å². The third-order valence-electron chi connectivity index (χ3n) is 6.58. The third kappa shape index (κ3) is 7.21. The molecular weight excluding hydrogens is 579 g/mol. The molecule has 5 rings (SSSR count). The van der Waals surface area contributed by atoms with Crippen molar-refractivity contribution >= 4 is 40.7 Å². The maximum absolute atomic E-state index is 13.5. The number of amides is 2. The molecule has 2 amide bonds. The van der Waals surface area contributed by atoms with Crippen molar-refractivity contribution in [2.45, 2.75) is 25.6 Å². The van der Waals surface area contributed by atoms with Crippen LogP contribution in [-0.4, -0.2) is 36.4 Å². The van der Waals surface area contributed by atoms with Crippen LogP contribution in [0.2, 0.25) is 10.0 Å². The van der Waals surface area contributed by atoms with Crippen LogP contribution in [0.4, 0.5) is 5.69 Å². The summed E-state index contributed by atoms with van der Waals surface area (Å²) in [4.78, 5) is 33.0. The molecule has 0 aromatic heterocycles. The Bertz CT molecular complexity index is 1520. The molecule has 4 aromatic rings. The van der Waals surface area contributed by atoms with Gasteiger partial charge < -0.3 is 14.6 Å². The summed E-state index contributed by atoms with van der Waals surface area (Å²) in [6, 6.07) is 25.7. The quantitative estimate of drug-likeness (QED) is 0.193. The Morgan fingerprint density at radius 3 is 2.29 bits per heavy atom. The van der Waals surface area contributed by atoms with E-state index in [2.05, 4.69) is 5.48 Å². The molecule has 0 saturated carbocycles. The van der Waals surface area contributed by atoms with E-state index in [-0.39, 0.29) is 33.8 Å². The van der Waals surface area contributed by atoms with Crippen LogP contribution in [0, 0.1) is 0 Å². The minimum absolute atomic E-state index is 0.0912. The fourth-order valence-corrected chi connectivity index (χ4v) is 5.03. The van der Waals surface area contributed by atoms with Gasteiger partial charge in [-0.15, -0.1) is 0 Å². The number of nitrogens with one attached hydrogen (secondary N) is 1. The first-order valence-corrected chi connectivity index (χ1v) is 14.1. The van der Waals surface area contributed by atoms with Gasteiger partial charge >= 0.3 is 0 Å². The van der Waals surface area contributed by atoms with Gasteiger partial charge in [0.25, 0.3) is 11.8 Å². The number of phenols is 1. The number of phenolic OH excluding ortho intramolecular Hbond substituents is 1. The van der Waals surface area contributed by atoms with Gasteiger partial charge in [0.05, 0.1) is 10.0 Å². The van der Waals surface area contributed by atoms with Crippen LogP contribution >= 0.6 is 23.2 Å². The minimum atomic E-state index is -0.557. The number of hydroxylamine groups is 1. The highest BCUT2D eigenvalue weighted by Crippen LogP contribution is 2.42. The Kier molecular flexibility index (Phi) is 9.61. The Morgan fingerprint density at radius 1 is 0.929 bits per heavy atom. The number of aromatic hydroxyl groups is 1. The zero-order chi connectivity index (χ0) is 29.5. The van der Waals surface area contributed by atoms with Crippen molar-refractivity contribution in [1.82, 2.24) is 5.48 Å². The molecule has 4 aromatic carbocycles. The number of hydrogen-bond donors (Lipinski definition) is 2. The number of anilines is 1. The van der Waals surface area contributed by atoms with Gasteiger partial charge in [0, 0.05) is 29.8 Å². The van der Waals surface area contributed by atoms with E-state index in [9.17, 15) is 14.7 Å². The van der Waals surface area contributed by atoms with E-state index in [1.54, 1.807) is 42.5 Å². The monoisotopic (exact) mass is 606 g/mol. The molecule has 42 heavy (non-hydrogen) atoms. The second kappa shape index (κ2) is 13.7. The molecule has 1 saturated heterocycles. The summed E-state index contributed by atoms with van der Waals surface area (Å²) in [5.74, 6) is -0.360. The van der Waals surface area contributed by atoms with Crippen molar-refractivity contribution in [1.29, 1.82) is 0 Å². The van der Waals surface area contributed by atoms with E-state index in [0.717, 1.165) is 18.4 Å². The highest BCUT2D eigenvalue weighted by Gasteiger charge is 2.25. The molecule has 1 aliphatic heterocycles. The molecule has 0 radical (unpaired) electrons. The third-order valence-corrected chi connectivity index (χ3v) is 7.14. The standard InChI is InChI=1S/C32H28Cl2N2O6/c33-26-17-23(18-27(34)31(26)41-24-14-15-28(37)25(19-24)21-9-3-1-4-10-21)36(32(39)22-11-5-2-6-12-22)20-29(38)35-42-30-13-7-8-16-40-30/h1-6,9-12,14-15,17-19,30,37H,7-8,13,16,20H2,(H,35,38)/t30-/m1/s1. The molecule has 0 aliphatic carbocycles. The van der Waals surface area contributed by atoms with Crippen molar-refractivity contribution in [3.63, 3.8) is 0 Å². The van der Waals surface area contributed by atoms with E-state index in [1.807, 2.05) is 30.3 Å². The SMILES string of the molecule is O=C(CN(C(=O)c1ccccc1)c1cc(Cl)c(Oc2ccc(O)c(-c3ccccc3)c2)c(Cl)c1)NO[C@@H]1CCCCO1. The Balaban J connectivity index is 1.39. The fourth-order valence-electron chi connectivity index (χ4n) is 4.47. The number of ether oxygens (including phenoxy) is 2. The van der Waals surface area contributed by atoms with Crippen molar-refractivity contribution in [3.8, 4) is 28.4 Å². The number of hydrogen-bond acceptors (Lipinski definition) is 6. The Morgan fingerprint density at radius 2 is 1.62 bits per heavy atom. The number of benzene rings is 4. The fraction of sp³-hybridized carbons (Fsp3) is 0.188. The second-order valence-corrected chi connectivity index (χ2v) is 10.4. The van der Waals surface area contributed by atoms with E-state index < -0.39 is 18.1 Å². The highest BCUT2D eigenvalue weighted by molar-refractivity contribution is 6.37. The van der Waals surface area contributed by atoms with E-state index in [0.29, 0.717) is 29.9 Å². The number of carbonyl (C=O) groups excluding carboxylic acids is 2. The largest absolute Gasteiger partial charge is 0.507 e. The molecule has 8 nitrogen and oxygen atoms in total. The lowest BCUT2D eigenvalue weighted by Crippen LogP contribution is -2.42. The predicted octanol–water partition coefficient (Wildman–Crippen LogP) is 7.38. The van der Waals surface area contributed by atoms with Crippen molar-refractivity contribution < 1.29 is 29.0 Å². The maximum Gasteiger partial charge on any atom is 0.263 e. The lowest BCUT2D eigenvalue weighted by atomic mass is 10.0. The maximum atomic E-state index is 13.5. The molecule has 216 valence electrons. The second-order valence-electron chi connectivity index (χ2n) is 9.58. The molecule has 1 fully saturated rings. The topological polar surface area (TPSA) is 97.3 Å². The predicted molar refractivity (Wildman–Crippen MR) is 161 cm³/mol. The summed E-state index contributed by atoms with van der Waals surface area (Å²) >= 11 is 13.3. The van der Waals surface area contributed by atoms with E-state index >= 15 is 0 Å². The van der Waals surface area contributed by atoms with Gasteiger partial charge in [-0.2, -0.15) is 0 Å². The first-order chi connectivity index (χ1) is 20.4. The zero-order valence-electron chi connectivity index (χ0n) is 22.5. The molecule has 2 N–H and O–H groups in total. The normalized spacial score (nSPS) is 14.7. The molecule has 1 atom stereocenters. The van der Waals surface area contributed by atoms with Crippen LogP contribution in [0.15, 0.2) is 91.0 Å². The zero-order valence-corrected chi connectivity index (χ0v) is 24.0. The van der Waals surface area contributed by atoms with Crippen LogP contribution in [0.25, 0.3) is 11.1 Å². The average Bonchev–Trinajstić information content (AvgIpc) is 3.02. The summed E-state index contributed by atoms with van der Waals surface area (Å²) in [6.07, 6.45) is 1.99. The highest BCUT2D eigenvalue weighted by atomic mass is 35.5. The van der Waals surface area contributed by atoms with Gasteiger partial charge in [-0.05, 0) is 60.9 Å². The van der Waals surface area contributed by atoms with Gasteiger partial charge in [-0.1, -0.05) is 71.7 Å². The molecule has 1 aliphatic rings. The number of nitrogens with zero attached hydrogens (tertiary/aromatic N) is 1. The number of halogens is 2. The number of rotatable bonds is 9. The lowest BCUT2D eigenvalue weighted by Gasteiger charge is -2.25. The summed E-state index contributed by atoms with van der Waals surface area (Å²) in [5, 5.41) is 10.6. The van der Waals surface area contributed by atoms with Crippen LogP contribution in [0.1, 0.15) is 29.6 Å². The summed E-state index contributed by atoms with van der Waals surface area (Å²) in [7, 11) is 0. The summed E-state index contributed by atoms with van der Waals surface area (Å²) in [5.41, 5.74) is 4.42. The van der Waals surface area contributed by atoms with Gasteiger partial charge in [0.2, 0.25) is 0 Å². The van der Waals surface area contributed by atoms with Crippen LogP contribution < -0.4 is 15.1 Å². The summed E-state index contributed by atoms with van der Waals surface area (Å²) in [6.45, 7) is 0.188. The molecular formula is C32H28Cl2N2O6. The van der Waals surface area contributed by atoms with Crippen LogP contribution in [0.5, 0.6) is 17.2 Å². The first-order valence-electron chi connectivity index (χ1n) is 13.4. The first kappa shape index (κ1) is 29.4. The van der Waals surface area contributed by atoms with Crippen LogP contribution in [-0.2, 0) is 14.4 Å². The molecule has 10 heteroatoms. The minimum Gasteiger partial charge on any atom is -0.507 e. The van der Waals surface area contributed by atoms with Gasteiger partial charge in [0.1, 0.15) is 18.0 Å². The molecule has 0 bridgehead atoms. The van der Waals surface area contributed by atoms with E-state index in [1.165, 1.54) is 23.1 Å². The Labute approximate surface area is 253 Å². The van der Waals surface area contributed by atoms with Gasteiger partial charge in [-0.3, -0.25) is 14.5 Å². The van der Waals surface area contributed by atoms with Gasteiger partial charge in [0.15, 0.2) is 12.0 Å². The molecule has 0 spiro atoms. The van der Waals surface area contributed by atoms with E-state index in [4.69, 9.17) is 37.5 Å². The van der Waals surface area contributed by atoms with Gasteiger partial charge in [-0.25, -0.2) is 10.3 Å². The van der Waals surface area contributed by atoms with Crippen LogP contribution in [0.3, 0.4) is 0 Å². The smallest absolute Gasteiger partial charge is 0.263 e. The molecule has 0 unspecified atom stereocenters. The summed E-state index contributed by atoms with van der Waals surface area (Å²) < 4.78 is 11.5. The van der Waals surface area contributed by atoms with Crippen molar-refractivity contribution in [3.05, 3.63) is 107 Å². The Hall–Kier alpha value is -4.08. The average molecular weight is 607 g/mol. The number of carbonyl (C=O) groups is 2. The molecule has 1 heterocycles. The van der Waals surface area contributed by atoms with Crippen molar-refractivity contribution in [2.24, 2.45) is 0 Å².